The van der Waals surface area contributed by atoms with Crippen molar-refractivity contribution in [3.63, 3.8) is 0 Å². The highest BCUT2D eigenvalue weighted by Gasteiger charge is 2.03. The molecule has 0 bridgehead atoms. The molecule has 0 spiro atoms. The highest BCUT2D eigenvalue weighted by atomic mass is 19.1. The zero-order valence-electron chi connectivity index (χ0n) is 8.70. The average Bonchev–Trinajstić information content (AvgIpc) is 2.68. The molecule has 0 aliphatic carbocycles. The fourth-order valence-electron chi connectivity index (χ4n) is 1.78. The summed E-state index contributed by atoms with van der Waals surface area (Å²) in [6, 6.07) is 6.76. The summed E-state index contributed by atoms with van der Waals surface area (Å²) in [6.45, 7) is 0. The monoisotopic (exact) mass is 229 g/mol. The lowest BCUT2D eigenvalue weighted by Gasteiger charge is -2.00. The van der Waals surface area contributed by atoms with Crippen LogP contribution in [0.4, 0.5) is 4.39 Å². The lowest BCUT2D eigenvalue weighted by Crippen LogP contribution is -1.99. The normalized spacial score (nSPS) is 10.9. The quantitative estimate of drug-likeness (QED) is 0.670. The van der Waals surface area contributed by atoms with Crippen molar-refractivity contribution < 1.29 is 4.39 Å². The fraction of sp³-hybridized carbons (Fsp3) is 0. The smallest absolute Gasteiger partial charge is 0.306 e. The third-order valence-corrected chi connectivity index (χ3v) is 2.55. The van der Waals surface area contributed by atoms with E-state index in [1.807, 2.05) is 6.07 Å². The summed E-state index contributed by atoms with van der Waals surface area (Å²) in [7, 11) is 0. The molecule has 0 fully saturated rings. The van der Waals surface area contributed by atoms with Gasteiger partial charge in [0.15, 0.2) is 0 Å². The molecule has 3 aromatic rings. The third kappa shape index (κ3) is 1.71. The molecule has 0 atom stereocenters. The van der Waals surface area contributed by atoms with Gasteiger partial charge >= 0.3 is 5.69 Å². The molecule has 0 aliphatic rings. The standard InChI is InChI=1S/C12H8FN3O/c13-9-3-8(5-14-6-9)7-1-2-10-11(4-7)16-12(17)15-10/h1-6H,(H2,15,16,17). The molecule has 2 aromatic heterocycles. The van der Waals surface area contributed by atoms with Gasteiger partial charge in [-0.2, -0.15) is 0 Å². The highest BCUT2D eigenvalue weighted by molar-refractivity contribution is 5.81. The van der Waals surface area contributed by atoms with Crippen LogP contribution in [0.5, 0.6) is 0 Å². The van der Waals surface area contributed by atoms with Crippen LogP contribution < -0.4 is 5.69 Å². The maximum Gasteiger partial charge on any atom is 0.323 e. The van der Waals surface area contributed by atoms with E-state index in [1.54, 1.807) is 18.3 Å². The Morgan fingerprint density at radius 3 is 2.65 bits per heavy atom. The third-order valence-electron chi connectivity index (χ3n) is 2.55. The van der Waals surface area contributed by atoms with E-state index in [4.69, 9.17) is 0 Å². The van der Waals surface area contributed by atoms with Gasteiger partial charge in [0.05, 0.1) is 17.2 Å². The number of aromatic amines is 2. The van der Waals surface area contributed by atoms with E-state index in [9.17, 15) is 9.18 Å². The molecular weight excluding hydrogens is 221 g/mol. The Hall–Kier alpha value is -2.43. The van der Waals surface area contributed by atoms with Gasteiger partial charge in [-0.3, -0.25) is 4.98 Å². The molecule has 0 aliphatic heterocycles. The Morgan fingerprint density at radius 2 is 1.82 bits per heavy atom. The van der Waals surface area contributed by atoms with Crippen molar-refractivity contribution in [3.8, 4) is 11.1 Å². The molecule has 0 amide bonds. The number of nitrogens with one attached hydrogen (secondary N) is 2. The average molecular weight is 229 g/mol. The second-order valence-corrected chi connectivity index (χ2v) is 3.73. The number of fused-ring (bicyclic) bond motifs is 1. The van der Waals surface area contributed by atoms with Crippen molar-refractivity contribution >= 4 is 11.0 Å². The number of benzene rings is 1. The van der Waals surface area contributed by atoms with Gasteiger partial charge in [0.2, 0.25) is 0 Å². The minimum atomic E-state index is -0.384. The second kappa shape index (κ2) is 3.55. The van der Waals surface area contributed by atoms with Crippen LogP contribution in [0.1, 0.15) is 0 Å². The lowest BCUT2D eigenvalue weighted by atomic mass is 10.1. The minimum absolute atomic E-state index is 0.255. The zero-order valence-corrected chi connectivity index (χ0v) is 8.70. The first-order valence-corrected chi connectivity index (χ1v) is 5.05. The summed E-state index contributed by atoms with van der Waals surface area (Å²) in [5.74, 6) is -0.384. The van der Waals surface area contributed by atoms with Crippen molar-refractivity contribution in [2.45, 2.75) is 0 Å². The Kier molecular flexibility index (Phi) is 2.04. The lowest BCUT2D eigenvalue weighted by molar-refractivity contribution is 0.622. The van der Waals surface area contributed by atoms with Gasteiger partial charge in [0.1, 0.15) is 5.82 Å². The van der Waals surface area contributed by atoms with Crippen molar-refractivity contribution in [1.82, 2.24) is 15.0 Å². The maximum absolute atomic E-state index is 13.0. The molecule has 2 heterocycles. The van der Waals surface area contributed by atoms with Crippen molar-refractivity contribution in [1.29, 1.82) is 0 Å². The van der Waals surface area contributed by atoms with Crippen LogP contribution >= 0.6 is 0 Å². The number of aromatic nitrogens is 3. The van der Waals surface area contributed by atoms with Crippen LogP contribution in [0, 0.1) is 5.82 Å². The van der Waals surface area contributed by atoms with Crippen LogP contribution in [0.2, 0.25) is 0 Å². The van der Waals surface area contributed by atoms with Crippen molar-refractivity contribution in [2.24, 2.45) is 0 Å². The first-order chi connectivity index (χ1) is 8.22. The SMILES string of the molecule is O=c1[nH]c2ccc(-c3cncc(F)c3)cc2[nH]1. The summed E-state index contributed by atoms with van der Waals surface area (Å²) >= 11 is 0. The fourth-order valence-corrected chi connectivity index (χ4v) is 1.78. The predicted molar refractivity (Wildman–Crippen MR) is 62.1 cm³/mol. The molecule has 0 radical (unpaired) electrons. The maximum atomic E-state index is 13.0. The summed E-state index contributed by atoms with van der Waals surface area (Å²) in [6.07, 6.45) is 2.73. The van der Waals surface area contributed by atoms with Crippen LogP contribution in [0.15, 0.2) is 41.5 Å². The minimum Gasteiger partial charge on any atom is -0.306 e. The Labute approximate surface area is 95.1 Å². The molecule has 5 heteroatoms. The summed E-state index contributed by atoms with van der Waals surface area (Å²) in [5, 5.41) is 0. The van der Waals surface area contributed by atoms with E-state index in [2.05, 4.69) is 15.0 Å². The van der Waals surface area contributed by atoms with Gasteiger partial charge < -0.3 is 9.97 Å². The van der Waals surface area contributed by atoms with Gasteiger partial charge in [-0.05, 0) is 23.8 Å². The molecule has 1 aromatic carbocycles. The van der Waals surface area contributed by atoms with E-state index >= 15 is 0 Å². The van der Waals surface area contributed by atoms with E-state index < -0.39 is 0 Å². The Balaban J connectivity index is 2.20. The first kappa shape index (κ1) is 9.77. The van der Waals surface area contributed by atoms with E-state index in [0.717, 1.165) is 17.3 Å². The van der Waals surface area contributed by atoms with Crippen LogP contribution in [-0.4, -0.2) is 15.0 Å². The van der Waals surface area contributed by atoms with Crippen molar-refractivity contribution in [3.05, 3.63) is 53.0 Å². The van der Waals surface area contributed by atoms with E-state index in [0.29, 0.717) is 11.1 Å². The molecule has 0 unspecified atom stereocenters. The number of rotatable bonds is 1. The number of imidazole rings is 1. The first-order valence-electron chi connectivity index (χ1n) is 5.05. The number of H-pyrrole nitrogens is 2. The van der Waals surface area contributed by atoms with Gasteiger partial charge in [-0.25, -0.2) is 9.18 Å². The molecule has 4 nitrogen and oxygen atoms in total. The van der Waals surface area contributed by atoms with E-state index in [1.165, 1.54) is 6.07 Å². The molecular formula is C12H8FN3O. The number of halogens is 1. The summed E-state index contributed by atoms with van der Waals surface area (Å²) in [4.78, 5) is 20.2. The van der Waals surface area contributed by atoms with E-state index in [-0.39, 0.29) is 11.5 Å². The molecule has 2 N–H and O–H groups in total. The van der Waals surface area contributed by atoms with Crippen LogP contribution in [0.25, 0.3) is 22.2 Å². The molecule has 17 heavy (non-hydrogen) atoms. The van der Waals surface area contributed by atoms with Crippen molar-refractivity contribution in [2.75, 3.05) is 0 Å². The molecule has 0 saturated carbocycles. The Morgan fingerprint density at radius 1 is 1.00 bits per heavy atom. The van der Waals surface area contributed by atoms with Crippen LogP contribution in [0.3, 0.4) is 0 Å². The topological polar surface area (TPSA) is 61.5 Å². The summed E-state index contributed by atoms with van der Waals surface area (Å²) < 4.78 is 13.0. The van der Waals surface area contributed by atoms with Gasteiger partial charge in [-0.1, -0.05) is 6.07 Å². The molecule has 3 rings (SSSR count). The van der Waals surface area contributed by atoms with Gasteiger partial charge in [-0.15, -0.1) is 0 Å². The summed E-state index contributed by atoms with van der Waals surface area (Å²) in [5.41, 5.74) is 2.64. The second-order valence-electron chi connectivity index (χ2n) is 3.73. The number of nitrogens with zero attached hydrogens (tertiary/aromatic N) is 1. The molecule has 0 saturated heterocycles. The Bertz CT molecular complexity index is 745. The van der Waals surface area contributed by atoms with Crippen LogP contribution in [-0.2, 0) is 0 Å². The molecule has 84 valence electrons. The largest absolute Gasteiger partial charge is 0.323 e. The number of pyridine rings is 1. The highest BCUT2D eigenvalue weighted by Crippen LogP contribution is 2.21. The number of hydrogen-bond donors (Lipinski definition) is 2. The number of hydrogen-bond acceptors (Lipinski definition) is 2. The predicted octanol–water partition coefficient (Wildman–Crippen LogP) is 2.06. The zero-order chi connectivity index (χ0) is 11.8. The van der Waals surface area contributed by atoms with Gasteiger partial charge in [0, 0.05) is 11.8 Å². The van der Waals surface area contributed by atoms with Gasteiger partial charge in [0.25, 0.3) is 0 Å².